The molecule has 1 heterocycles. The van der Waals surface area contributed by atoms with Gasteiger partial charge < -0.3 is 13.9 Å². The van der Waals surface area contributed by atoms with Crippen molar-refractivity contribution >= 4 is 33.9 Å². The van der Waals surface area contributed by atoms with Crippen LogP contribution in [0.2, 0.25) is 0 Å². The molecule has 0 unspecified atom stereocenters. The Morgan fingerprint density at radius 2 is 1.39 bits per heavy atom. The molecule has 2 aromatic carbocycles. The van der Waals surface area contributed by atoms with Crippen molar-refractivity contribution in [2.24, 2.45) is 0 Å². The largest absolute Gasteiger partial charge is 0.452 e. The van der Waals surface area contributed by atoms with E-state index in [1.807, 2.05) is 0 Å². The third-order valence-corrected chi connectivity index (χ3v) is 3.71. The maximum absolute atomic E-state index is 14.6. The van der Waals surface area contributed by atoms with Crippen molar-refractivity contribution in [3.8, 4) is 11.5 Å². The average Bonchev–Trinajstić information content (AvgIpc) is 3.01. The lowest BCUT2D eigenvalue weighted by Crippen LogP contribution is -2.12. The molecule has 3 rings (SSSR count). The van der Waals surface area contributed by atoms with Crippen LogP contribution in [0.25, 0.3) is 21.9 Å². The molecule has 5 nitrogen and oxygen atoms in total. The Hall–Kier alpha value is -3.62. The predicted octanol–water partition coefficient (Wildman–Crippen LogP) is 4.93. The Bertz CT molecular complexity index is 1140. The van der Waals surface area contributed by atoms with Gasteiger partial charge in [0.1, 0.15) is 11.3 Å². The molecule has 0 saturated carbocycles. The summed E-state index contributed by atoms with van der Waals surface area (Å²) >= 11 is 0. The minimum atomic E-state index is -4.97. The number of hydrogen-bond donors (Lipinski definition) is 0. The van der Waals surface area contributed by atoms with E-state index in [0.717, 1.165) is 18.2 Å². The van der Waals surface area contributed by atoms with E-state index in [2.05, 4.69) is 17.9 Å². The summed E-state index contributed by atoms with van der Waals surface area (Å²) in [5.41, 5.74) is -2.68. The van der Waals surface area contributed by atoms with Crippen molar-refractivity contribution in [1.29, 1.82) is 0 Å². The highest BCUT2D eigenvalue weighted by atomic mass is 19.4. The summed E-state index contributed by atoms with van der Waals surface area (Å²) in [6.07, 6.45) is -3.48. The molecule has 0 spiro atoms. The topological polar surface area (TPSA) is 65.7 Å². The first kappa shape index (κ1) is 19.2. The van der Waals surface area contributed by atoms with Gasteiger partial charge >= 0.3 is 18.1 Å². The molecule has 28 heavy (non-hydrogen) atoms. The number of rotatable bonds is 4. The van der Waals surface area contributed by atoms with E-state index in [4.69, 9.17) is 9.15 Å². The molecule has 0 radical (unpaired) electrons. The van der Waals surface area contributed by atoms with Gasteiger partial charge in [0.2, 0.25) is 5.82 Å². The van der Waals surface area contributed by atoms with Gasteiger partial charge in [-0.05, 0) is 24.3 Å². The summed E-state index contributed by atoms with van der Waals surface area (Å²) in [6.45, 7) is 6.29. The summed E-state index contributed by atoms with van der Waals surface area (Å²) < 4.78 is 69.9. The maximum Gasteiger partial charge on any atom is 0.423 e. The van der Waals surface area contributed by atoms with Crippen molar-refractivity contribution in [3.63, 3.8) is 0 Å². The van der Waals surface area contributed by atoms with Crippen LogP contribution >= 0.6 is 0 Å². The molecule has 0 amide bonds. The van der Waals surface area contributed by atoms with Crippen molar-refractivity contribution in [1.82, 2.24) is 0 Å². The number of carbonyl (C=O) groups is 2. The smallest absolute Gasteiger partial charge is 0.423 e. The number of halogens is 4. The van der Waals surface area contributed by atoms with Crippen LogP contribution in [-0.4, -0.2) is 11.9 Å². The number of furan rings is 1. The van der Waals surface area contributed by atoms with Gasteiger partial charge in [-0.2, -0.15) is 17.6 Å². The molecule has 0 aliphatic carbocycles. The molecule has 0 bridgehead atoms. The molecular formula is C19H10F4O5. The number of esters is 2. The molecular weight excluding hydrogens is 384 g/mol. The SMILES string of the molecule is C=CC(=O)Oc1ccc2c(oc3c(C(F)(F)F)c(OC(=O)C=C)ccc32)c1F. The van der Waals surface area contributed by atoms with Gasteiger partial charge in [-0.1, -0.05) is 13.2 Å². The zero-order chi connectivity index (χ0) is 20.6. The monoisotopic (exact) mass is 394 g/mol. The average molecular weight is 394 g/mol. The van der Waals surface area contributed by atoms with Crippen LogP contribution in [0.1, 0.15) is 5.56 Å². The van der Waals surface area contributed by atoms with Gasteiger partial charge in [-0.3, -0.25) is 0 Å². The third-order valence-electron chi connectivity index (χ3n) is 3.71. The van der Waals surface area contributed by atoms with E-state index in [-0.39, 0.29) is 10.8 Å². The Balaban J connectivity index is 2.30. The van der Waals surface area contributed by atoms with E-state index in [0.29, 0.717) is 6.08 Å². The Morgan fingerprint density at radius 1 is 0.893 bits per heavy atom. The lowest BCUT2D eigenvalue weighted by Gasteiger charge is -2.12. The minimum Gasteiger partial charge on any atom is -0.452 e. The molecule has 0 N–H and O–H groups in total. The van der Waals surface area contributed by atoms with Crippen molar-refractivity contribution < 1.29 is 41.0 Å². The van der Waals surface area contributed by atoms with Crippen LogP contribution in [0.15, 0.2) is 54.0 Å². The van der Waals surface area contributed by atoms with Gasteiger partial charge in [-0.25, -0.2) is 9.59 Å². The van der Waals surface area contributed by atoms with E-state index in [1.165, 1.54) is 12.1 Å². The second-order valence-corrected chi connectivity index (χ2v) is 5.42. The van der Waals surface area contributed by atoms with Crippen LogP contribution in [0, 0.1) is 5.82 Å². The van der Waals surface area contributed by atoms with Crippen molar-refractivity contribution in [2.45, 2.75) is 6.18 Å². The zero-order valence-corrected chi connectivity index (χ0v) is 13.9. The number of ether oxygens (including phenoxy) is 2. The second-order valence-electron chi connectivity index (χ2n) is 5.42. The van der Waals surface area contributed by atoms with Crippen LogP contribution in [-0.2, 0) is 15.8 Å². The van der Waals surface area contributed by atoms with E-state index >= 15 is 0 Å². The van der Waals surface area contributed by atoms with Gasteiger partial charge in [0.05, 0.1) is 0 Å². The molecule has 0 aliphatic heterocycles. The summed E-state index contributed by atoms with van der Waals surface area (Å²) in [6, 6.07) is 4.43. The molecule has 1 aromatic heterocycles. The number of alkyl halides is 3. The maximum atomic E-state index is 14.6. The Kier molecular flexibility index (Phi) is 4.68. The Morgan fingerprint density at radius 3 is 1.93 bits per heavy atom. The quantitative estimate of drug-likeness (QED) is 0.272. The van der Waals surface area contributed by atoms with Crippen LogP contribution in [0.4, 0.5) is 17.6 Å². The highest BCUT2D eigenvalue weighted by Crippen LogP contribution is 2.45. The van der Waals surface area contributed by atoms with E-state index < -0.39 is 52.2 Å². The highest BCUT2D eigenvalue weighted by molar-refractivity contribution is 6.07. The molecule has 9 heteroatoms. The molecule has 144 valence electrons. The van der Waals surface area contributed by atoms with Gasteiger partial charge in [0.25, 0.3) is 0 Å². The number of fused-ring (bicyclic) bond motifs is 3. The molecule has 3 aromatic rings. The second kappa shape index (κ2) is 6.84. The summed E-state index contributed by atoms with van der Waals surface area (Å²) in [5, 5.41) is -0.0563. The lowest BCUT2D eigenvalue weighted by atomic mass is 10.1. The standard InChI is InChI=1S/C19H10F4O5/c1-3-13(24)26-11-7-5-9-10-6-8-12(27-14(25)4-2)16(20)18(10)28-17(9)15(11)19(21,22)23/h3-8H,1-2H2. The summed E-state index contributed by atoms with van der Waals surface area (Å²) in [5.74, 6) is -4.58. The first-order valence-corrected chi connectivity index (χ1v) is 7.60. The zero-order valence-electron chi connectivity index (χ0n) is 13.9. The van der Waals surface area contributed by atoms with Crippen molar-refractivity contribution in [2.75, 3.05) is 0 Å². The third kappa shape index (κ3) is 3.22. The van der Waals surface area contributed by atoms with E-state index in [9.17, 15) is 27.2 Å². The summed E-state index contributed by atoms with van der Waals surface area (Å²) in [7, 11) is 0. The predicted molar refractivity (Wildman–Crippen MR) is 90.3 cm³/mol. The normalized spacial score (nSPS) is 11.4. The fourth-order valence-electron chi connectivity index (χ4n) is 2.57. The molecule has 0 atom stereocenters. The van der Waals surface area contributed by atoms with Crippen LogP contribution in [0.5, 0.6) is 11.5 Å². The first-order valence-electron chi connectivity index (χ1n) is 7.60. The van der Waals surface area contributed by atoms with Crippen molar-refractivity contribution in [3.05, 3.63) is 61.0 Å². The highest BCUT2D eigenvalue weighted by Gasteiger charge is 2.39. The van der Waals surface area contributed by atoms with Gasteiger partial charge in [-0.15, -0.1) is 0 Å². The van der Waals surface area contributed by atoms with Crippen LogP contribution in [0.3, 0.4) is 0 Å². The number of hydrogen-bond acceptors (Lipinski definition) is 5. The fraction of sp³-hybridized carbons (Fsp3) is 0.0526. The minimum absolute atomic E-state index is 0.0120. The van der Waals surface area contributed by atoms with Crippen LogP contribution < -0.4 is 9.47 Å². The molecule has 0 aliphatic rings. The Labute approximate surface area is 154 Å². The van der Waals surface area contributed by atoms with Gasteiger partial charge in [0, 0.05) is 22.9 Å². The molecule has 0 saturated heterocycles. The molecule has 0 fully saturated rings. The fourth-order valence-corrected chi connectivity index (χ4v) is 2.57. The lowest BCUT2D eigenvalue weighted by molar-refractivity contribution is -0.140. The number of carbonyl (C=O) groups excluding carboxylic acids is 2. The van der Waals surface area contributed by atoms with Gasteiger partial charge in [0.15, 0.2) is 16.9 Å². The number of benzene rings is 2. The van der Waals surface area contributed by atoms with E-state index in [1.54, 1.807) is 0 Å². The first-order chi connectivity index (χ1) is 13.2. The summed E-state index contributed by atoms with van der Waals surface area (Å²) in [4.78, 5) is 22.6.